The van der Waals surface area contributed by atoms with E-state index in [-0.39, 0.29) is 5.75 Å². The van der Waals surface area contributed by atoms with Gasteiger partial charge in [0.15, 0.2) is 11.0 Å². The zero-order valence-electron chi connectivity index (χ0n) is 14.8. The SMILES string of the molecule is Cc1cc(-n2c(SCC(=O)O)nnc2-c2cccc3ccccc23)n(C)n1. The first-order valence-corrected chi connectivity index (χ1v) is 9.32. The van der Waals surface area contributed by atoms with Gasteiger partial charge < -0.3 is 5.11 Å². The summed E-state index contributed by atoms with van der Waals surface area (Å²) in [6.45, 7) is 1.91. The molecule has 4 rings (SSSR count). The number of aliphatic carboxylic acids is 1. The molecule has 0 radical (unpaired) electrons. The highest BCUT2D eigenvalue weighted by atomic mass is 32.2. The molecule has 0 saturated carbocycles. The molecule has 27 heavy (non-hydrogen) atoms. The molecule has 0 fully saturated rings. The van der Waals surface area contributed by atoms with Gasteiger partial charge in [-0.25, -0.2) is 0 Å². The minimum Gasteiger partial charge on any atom is -0.481 e. The predicted octanol–water partition coefficient (Wildman–Crippen LogP) is 3.31. The van der Waals surface area contributed by atoms with E-state index in [1.807, 2.05) is 67.1 Å². The molecule has 0 amide bonds. The number of hydrogen-bond acceptors (Lipinski definition) is 5. The normalized spacial score (nSPS) is 11.2. The van der Waals surface area contributed by atoms with Crippen LogP contribution in [0.3, 0.4) is 0 Å². The second-order valence-corrected chi connectivity index (χ2v) is 7.06. The first-order chi connectivity index (χ1) is 13.0. The van der Waals surface area contributed by atoms with E-state index < -0.39 is 5.97 Å². The van der Waals surface area contributed by atoms with Gasteiger partial charge in [-0.2, -0.15) is 5.10 Å². The van der Waals surface area contributed by atoms with Gasteiger partial charge in [-0.3, -0.25) is 14.0 Å². The number of carbonyl (C=O) groups is 1. The van der Waals surface area contributed by atoms with Crippen molar-refractivity contribution in [2.45, 2.75) is 12.1 Å². The molecule has 0 atom stereocenters. The van der Waals surface area contributed by atoms with E-state index in [2.05, 4.69) is 15.3 Å². The van der Waals surface area contributed by atoms with E-state index in [0.29, 0.717) is 11.0 Å². The van der Waals surface area contributed by atoms with Crippen LogP contribution in [-0.2, 0) is 11.8 Å². The highest BCUT2D eigenvalue weighted by molar-refractivity contribution is 7.99. The Morgan fingerprint density at radius 2 is 1.93 bits per heavy atom. The smallest absolute Gasteiger partial charge is 0.313 e. The van der Waals surface area contributed by atoms with Crippen molar-refractivity contribution < 1.29 is 9.90 Å². The zero-order valence-corrected chi connectivity index (χ0v) is 15.6. The molecule has 0 spiro atoms. The average Bonchev–Trinajstić information content (AvgIpc) is 3.21. The Morgan fingerprint density at radius 3 is 2.67 bits per heavy atom. The molecular weight excluding hydrogens is 362 g/mol. The summed E-state index contributed by atoms with van der Waals surface area (Å²) in [6, 6.07) is 16.0. The minimum absolute atomic E-state index is 0.0928. The number of hydrogen-bond donors (Lipinski definition) is 1. The van der Waals surface area contributed by atoms with E-state index in [1.54, 1.807) is 4.68 Å². The van der Waals surface area contributed by atoms with Gasteiger partial charge in [0.1, 0.15) is 5.82 Å². The lowest BCUT2D eigenvalue weighted by Crippen LogP contribution is -2.07. The average molecular weight is 379 g/mol. The highest BCUT2D eigenvalue weighted by Gasteiger charge is 2.21. The van der Waals surface area contributed by atoms with Gasteiger partial charge in [0.05, 0.1) is 11.4 Å². The Hall–Kier alpha value is -3.13. The van der Waals surface area contributed by atoms with Crippen LogP contribution >= 0.6 is 11.8 Å². The summed E-state index contributed by atoms with van der Waals surface area (Å²) in [5.41, 5.74) is 1.79. The van der Waals surface area contributed by atoms with E-state index >= 15 is 0 Å². The van der Waals surface area contributed by atoms with Gasteiger partial charge in [-0.1, -0.05) is 54.2 Å². The number of thioether (sulfide) groups is 1. The number of nitrogens with zero attached hydrogens (tertiary/aromatic N) is 5. The molecule has 0 aliphatic heterocycles. The largest absolute Gasteiger partial charge is 0.481 e. The van der Waals surface area contributed by atoms with Crippen LogP contribution in [0, 0.1) is 6.92 Å². The summed E-state index contributed by atoms with van der Waals surface area (Å²) in [5.74, 6) is 0.447. The van der Waals surface area contributed by atoms with Gasteiger partial charge in [0, 0.05) is 18.7 Å². The fraction of sp³-hybridized carbons (Fsp3) is 0.158. The van der Waals surface area contributed by atoms with E-state index in [4.69, 9.17) is 5.11 Å². The van der Waals surface area contributed by atoms with Crippen LogP contribution < -0.4 is 0 Å². The van der Waals surface area contributed by atoms with Crippen molar-refractivity contribution in [1.29, 1.82) is 0 Å². The number of carboxylic acids is 1. The lowest BCUT2D eigenvalue weighted by atomic mass is 10.0. The molecule has 0 bridgehead atoms. The van der Waals surface area contributed by atoms with Crippen molar-refractivity contribution in [3.05, 3.63) is 54.2 Å². The summed E-state index contributed by atoms with van der Waals surface area (Å²) < 4.78 is 3.62. The molecule has 1 N–H and O–H groups in total. The lowest BCUT2D eigenvalue weighted by Gasteiger charge is -2.11. The third-order valence-corrected chi connectivity index (χ3v) is 5.11. The fourth-order valence-electron chi connectivity index (χ4n) is 3.10. The second-order valence-electron chi connectivity index (χ2n) is 6.12. The minimum atomic E-state index is -0.901. The first kappa shape index (κ1) is 17.3. The summed E-state index contributed by atoms with van der Waals surface area (Å²) in [5, 5.41) is 24.8. The van der Waals surface area contributed by atoms with Crippen LogP contribution in [0.2, 0.25) is 0 Å². The monoisotopic (exact) mass is 379 g/mol. The maximum Gasteiger partial charge on any atom is 0.313 e. The quantitative estimate of drug-likeness (QED) is 0.536. The number of aromatic nitrogens is 5. The van der Waals surface area contributed by atoms with Crippen molar-refractivity contribution in [2.75, 3.05) is 5.75 Å². The van der Waals surface area contributed by atoms with Crippen molar-refractivity contribution in [2.24, 2.45) is 7.05 Å². The molecule has 0 saturated heterocycles. The molecule has 0 aliphatic rings. The van der Waals surface area contributed by atoms with Crippen LogP contribution in [0.4, 0.5) is 0 Å². The van der Waals surface area contributed by atoms with Gasteiger partial charge >= 0.3 is 5.97 Å². The topological polar surface area (TPSA) is 85.8 Å². The lowest BCUT2D eigenvalue weighted by molar-refractivity contribution is -0.133. The molecule has 4 aromatic rings. The van der Waals surface area contributed by atoms with Gasteiger partial charge in [0.25, 0.3) is 0 Å². The second kappa shape index (κ2) is 6.88. The Kier molecular flexibility index (Phi) is 4.41. The van der Waals surface area contributed by atoms with Crippen LogP contribution in [0.5, 0.6) is 0 Å². The third kappa shape index (κ3) is 3.19. The van der Waals surface area contributed by atoms with Crippen LogP contribution in [0.1, 0.15) is 5.69 Å². The molecule has 2 aromatic heterocycles. The number of fused-ring (bicyclic) bond motifs is 1. The van der Waals surface area contributed by atoms with Crippen LogP contribution in [-0.4, -0.2) is 41.4 Å². The van der Waals surface area contributed by atoms with Crippen LogP contribution in [0.15, 0.2) is 53.7 Å². The predicted molar refractivity (Wildman–Crippen MR) is 104 cm³/mol. The van der Waals surface area contributed by atoms with Gasteiger partial charge in [-0.15, -0.1) is 10.2 Å². The Balaban J connectivity index is 1.95. The van der Waals surface area contributed by atoms with E-state index in [0.717, 1.165) is 39.6 Å². The van der Waals surface area contributed by atoms with E-state index in [1.165, 1.54) is 0 Å². The summed E-state index contributed by atoms with van der Waals surface area (Å²) in [4.78, 5) is 11.0. The number of rotatable bonds is 5. The molecule has 8 heteroatoms. The molecule has 0 aliphatic carbocycles. The van der Waals surface area contributed by atoms with E-state index in [9.17, 15) is 4.79 Å². The molecule has 2 heterocycles. The summed E-state index contributed by atoms with van der Waals surface area (Å²) >= 11 is 1.14. The highest BCUT2D eigenvalue weighted by Crippen LogP contribution is 2.32. The fourth-order valence-corrected chi connectivity index (χ4v) is 3.76. The summed E-state index contributed by atoms with van der Waals surface area (Å²) in [7, 11) is 1.85. The van der Waals surface area contributed by atoms with Gasteiger partial charge in [0.2, 0.25) is 0 Å². The zero-order chi connectivity index (χ0) is 19.0. The van der Waals surface area contributed by atoms with Gasteiger partial charge in [-0.05, 0) is 17.7 Å². The molecule has 2 aromatic carbocycles. The standard InChI is InChI=1S/C19H17N5O2S/c1-12-10-16(23(2)22-12)24-18(20-21-19(24)27-11-17(25)26)15-9-5-7-13-6-3-4-8-14(13)15/h3-10H,11H2,1-2H3,(H,25,26). The maximum atomic E-state index is 11.0. The third-order valence-electron chi connectivity index (χ3n) is 4.20. The Morgan fingerprint density at radius 1 is 1.15 bits per heavy atom. The van der Waals surface area contributed by atoms with Crippen molar-refractivity contribution in [1.82, 2.24) is 24.5 Å². The van der Waals surface area contributed by atoms with Crippen molar-refractivity contribution in [3.8, 4) is 17.2 Å². The van der Waals surface area contributed by atoms with Crippen molar-refractivity contribution >= 4 is 28.5 Å². The Bertz CT molecular complexity index is 1140. The summed E-state index contributed by atoms with van der Waals surface area (Å²) in [6.07, 6.45) is 0. The Labute approximate surface area is 159 Å². The molecule has 0 unspecified atom stereocenters. The van der Waals surface area contributed by atoms with Crippen LogP contribution in [0.25, 0.3) is 28.0 Å². The molecule has 136 valence electrons. The number of carboxylic acid groups (broad SMARTS) is 1. The van der Waals surface area contributed by atoms with Crippen molar-refractivity contribution in [3.63, 3.8) is 0 Å². The number of aryl methyl sites for hydroxylation is 2. The molecular formula is C19H17N5O2S. The molecule has 7 nitrogen and oxygen atoms in total. The number of benzene rings is 2. The maximum absolute atomic E-state index is 11.0. The first-order valence-electron chi connectivity index (χ1n) is 8.34.